The summed E-state index contributed by atoms with van der Waals surface area (Å²) >= 11 is 0. The number of carbonyl (C=O) groups is 2. The smallest absolute Gasteiger partial charge is 0.344 e. The van der Waals surface area contributed by atoms with E-state index in [4.69, 9.17) is 14.2 Å². The summed E-state index contributed by atoms with van der Waals surface area (Å²) in [6.45, 7) is 10.0. The van der Waals surface area contributed by atoms with Crippen molar-refractivity contribution in [2.45, 2.75) is 33.0 Å². The van der Waals surface area contributed by atoms with Crippen molar-refractivity contribution < 1.29 is 28.5 Å². The Hall–Kier alpha value is -1.40. The first-order chi connectivity index (χ1) is 9.88. The third-order valence-corrected chi connectivity index (χ3v) is 3.44. The lowest BCUT2D eigenvalue weighted by Crippen LogP contribution is -2.42. The first kappa shape index (κ1) is 17.7. The molecular weight excluding hydrogens is 276 g/mol. The fourth-order valence-corrected chi connectivity index (χ4v) is 2.00. The second-order valence-electron chi connectivity index (χ2n) is 5.45. The second-order valence-corrected chi connectivity index (χ2v) is 5.45. The molecule has 1 saturated heterocycles. The van der Waals surface area contributed by atoms with Gasteiger partial charge in [-0.05, 0) is 20.3 Å². The van der Waals surface area contributed by atoms with Gasteiger partial charge in [-0.3, -0.25) is 0 Å². The van der Waals surface area contributed by atoms with Crippen molar-refractivity contribution in [1.82, 2.24) is 0 Å². The number of esters is 2. The fourth-order valence-electron chi connectivity index (χ4n) is 2.00. The summed E-state index contributed by atoms with van der Waals surface area (Å²) in [6.07, 6.45) is 1.85. The molecule has 1 unspecified atom stereocenters. The Morgan fingerprint density at radius 2 is 1.95 bits per heavy atom. The maximum atomic E-state index is 11.5. The lowest BCUT2D eigenvalue weighted by atomic mass is 9.91. The van der Waals surface area contributed by atoms with E-state index in [1.807, 2.05) is 20.8 Å². The number of hydrogen-bond donors (Lipinski definition) is 0. The Morgan fingerprint density at radius 3 is 2.48 bits per heavy atom. The van der Waals surface area contributed by atoms with Crippen LogP contribution in [0.4, 0.5) is 0 Å². The number of carbonyl (C=O) groups excluding carboxylic acids is 2. The van der Waals surface area contributed by atoms with E-state index in [1.54, 1.807) is 0 Å². The molecule has 1 aliphatic rings. The summed E-state index contributed by atoms with van der Waals surface area (Å²) in [5, 5.41) is 0. The van der Waals surface area contributed by atoms with Crippen LogP contribution in [0.3, 0.4) is 0 Å². The summed E-state index contributed by atoms with van der Waals surface area (Å²) in [7, 11) is 0. The van der Waals surface area contributed by atoms with Gasteiger partial charge in [-0.1, -0.05) is 13.5 Å². The van der Waals surface area contributed by atoms with E-state index in [-0.39, 0.29) is 18.4 Å². The van der Waals surface area contributed by atoms with Crippen molar-refractivity contribution in [3.05, 3.63) is 12.7 Å². The topological polar surface area (TPSA) is 71.1 Å². The Balaban J connectivity index is 2.32. The van der Waals surface area contributed by atoms with Gasteiger partial charge < -0.3 is 18.9 Å². The molecule has 0 aromatic carbocycles. The van der Waals surface area contributed by atoms with Gasteiger partial charge in [0.05, 0.1) is 19.8 Å². The lowest BCUT2D eigenvalue weighted by Gasteiger charge is -2.37. The molecular formula is C15H24O6. The van der Waals surface area contributed by atoms with Crippen LogP contribution in [0.15, 0.2) is 12.7 Å². The quantitative estimate of drug-likeness (QED) is 0.526. The van der Waals surface area contributed by atoms with Crippen molar-refractivity contribution in [1.29, 1.82) is 0 Å². The standard InChI is InChI=1S/C15H24O6/c1-5-11(12-8-20-15(3,4)21-9-12)7-18-14(17)10-19-13(16)6-2/h6,11-12H,2,5,7-10H2,1,3-4H3. The molecule has 21 heavy (non-hydrogen) atoms. The van der Waals surface area contributed by atoms with Crippen molar-refractivity contribution in [3.63, 3.8) is 0 Å². The van der Waals surface area contributed by atoms with Gasteiger partial charge in [0, 0.05) is 17.9 Å². The SMILES string of the molecule is C=CC(=O)OCC(=O)OCC(CC)C1COC(C)(C)OC1. The van der Waals surface area contributed by atoms with Crippen molar-refractivity contribution >= 4 is 11.9 Å². The molecule has 0 aromatic rings. The van der Waals surface area contributed by atoms with Crippen molar-refractivity contribution in [3.8, 4) is 0 Å². The zero-order valence-corrected chi connectivity index (χ0v) is 12.9. The average molecular weight is 300 g/mol. The molecule has 0 N–H and O–H groups in total. The molecule has 1 atom stereocenters. The highest BCUT2D eigenvalue weighted by Gasteiger charge is 2.32. The maximum Gasteiger partial charge on any atom is 0.344 e. The van der Waals surface area contributed by atoms with Crippen LogP contribution in [0.5, 0.6) is 0 Å². The largest absolute Gasteiger partial charge is 0.463 e. The molecule has 0 aromatic heterocycles. The molecule has 6 nitrogen and oxygen atoms in total. The van der Waals surface area contributed by atoms with Gasteiger partial charge in [-0.25, -0.2) is 9.59 Å². The molecule has 0 amide bonds. The van der Waals surface area contributed by atoms with E-state index in [0.29, 0.717) is 13.2 Å². The highest BCUT2D eigenvalue weighted by atomic mass is 16.7. The van der Waals surface area contributed by atoms with E-state index in [0.717, 1.165) is 12.5 Å². The molecule has 120 valence electrons. The van der Waals surface area contributed by atoms with Gasteiger partial charge in [-0.2, -0.15) is 0 Å². The van der Waals surface area contributed by atoms with Crippen LogP contribution < -0.4 is 0 Å². The predicted octanol–water partition coefficient (Wildman–Crippen LogP) is 1.68. The number of hydrogen-bond acceptors (Lipinski definition) is 6. The maximum absolute atomic E-state index is 11.5. The summed E-state index contributed by atoms with van der Waals surface area (Å²) in [4.78, 5) is 22.3. The van der Waals surface area contributed by atoms with Crippen molar-refractivity contribution in [2.75, 3.05) is 26.4 Å². The Labute approximate surface area is 125 Å². The third-order valence-electron chi connectivity index (χ3n) is 3.44. The van der Waals surface area contributed by atoms with Crippen LogP contribution in [-0.4, -0.2) is 44.2 Å². The molecule has 1 fully saturated rings. The molecule has 6 heteroatoms. The molecule has 1 heterocycles. The number of ether oxygens (including phenoxy) is 4. The van der Waals surface area contributed by atoms with E-state index < -0.39 is 24.3 Å². The van der Waals surface area contributed by atoms with Crippen LogP contribution in [0.2, 0.25) is 0 Å². The molecule has 1 aliphatic heterocycles. The van der Waals surface area contributed by atoms with Crippen LogP contribution in [0, 0.1) is 11.8 Å². The Bertz CT molecular complexity index is 366. The zero-order chi connectivity index (χ0) is 15.9. The molecule has 0 radical (unpaired) electrons. The van der Waals surface area contributed by atoms with E-state index >= 15 is 0 Å². The summed E-state index contributed by atoms with van der Waals surface area (Å²) in [6, 6.07) is 0. The minimum Gasteiger partial charge on any atom is -0.463 e. The molecule has 0 spiro atoms. The van der Waals surface area contributed by atoms with Gasteiger partial charge in [0.2, 0.25) is 0 Å². The molecule has 0 saturated carbocycles. The summed E-state index contributed by atoms with van der Waals surface area (Å²) in [5.41, 5.74) is 0. The molecule has 0 bridgehead atoms. The summed E-state index contributed by atoms with van der Waals surface area (Å²) in [5.74, 6) is -1.42. The van der Waals surface area contributed by atoms with Gasteiger partial charge in [0.25, 0.3) is 0 Å². The monoisotopic (exact) mass is 300 g/mol. The van der Waals surface area contributed by atoms with E-state index in [9.17, 15) is 9.59 Å². The fraction of sp³-hybridized carbons (Fsp3) is 0.733. The number of rotatable bonds is 7. The molecule has 0 aliphatic carbocycles. The van der Waals surface area contributed by atoms with Crippen molar-refractivity contribution in [2.24, 2.45) is 11.8 Å². The summed E-state index contributed by atoms with van der Waals surface area (Å²) < 4.78 is 21.0. The van der Waals surface area contributed by atoms with Gasteiger partial charge in [0.15, 0.2) is 12.4 Å². The average Bonchev–Trinajstić information content (AvgIpc) is 2.46. The minimum atomic E-state index is -0.643. The minimum absolute atomic E-state index is 0.153. The second kappa shape index (κ2) is 8.14. The highest BCUT2D eigenvalue weighted by Crippen LogP contribution is 2.27. The van der Waals surface area contributed by atoms with E-state index in [2.05, 4.69) is 11.3 Å². The van der Waals surface area contributed by atoms with Gasteiger partial charge in [-0.15, -0.1) is 0 Å². The Kier molecular flexibility index (Phi) is 6.84. The lowest BCUT2D eigenvalue weighted by molar-refractivity contribution is -0.269. The van der Waals surface area contributed by atoms with E-state index in [1.165, 1.54) is 0 Å². The molecule has 1 rings (SSSR count). The third kappa shape index (κ3) is 6.27. The Morgan fingerprint density at radius 1 is 1.33 bits per heavy atom. The first-order valence-electron chi connectivity index (χ1n) is 7.10. The van der Waals surface area contributed by atoms with Gasteiger partial charge >= 0.3 is 11.9 Å². The van der Waals surface area contributed by atoms with Crippen LogP contribution in [-0.2, 0) is 28.5 Å². The first-order valence-corrected chi connectivity index (χ1v) is 7.10. The zero-order valence-electron chi connectivity index (χ0n) is 12.9. The van der Waals surface area contributed by atoms with Crippen LogP contribution in [0.25, 0.3) is 0 Å². The highest BCUT2D eigenvalue weighted by molar-refractivity contribution is 5.83. The predicted molar refractivity (Wildman–Crippen MR) is 75.4 cm³/mol. The van der Waals surface area contributed by atoms with Gasteiger partial charge in [0.1, 0.15) is 0 Å². The van der Waals surface area contributed by atoms with Crippen LogP contribution in [0.1, 0.15) is 27.2 Å². The van der Waals surface area contributed by atoms with Crippen LogP contribution >= 0.6 is 0 Å². The normalized spacial score (nSPS) is 19.6.